The maximum absolute atomic E-state index is 13.6. The summed E-state index contributed by atoms with van der Waals surface area (Å²) in [5.74, 6) is -3.77. The van der Waals surface area contributed by atoms with Gasteiger partial charge >= 0.3 is 0 Å². The Morgan fingerprint density at radius 3 is 2.45 bits per heavy atom. The average Bonchev–Trinajstić information content (AvgIpc) is 2.90. The highest BCUT2D eigenvalue weighted by molar-refractivity contribution is 6.31. The van der Waals surface area contributed by atoms with Gasteiger partial charge in [-0.15, -0.1) is 12.4 Å². The van der Waals surface area contributed by atoms with E-state index in [1.165, 1.54) is 25.3 Å². The van der Waals surface area contributed by atoms with E-state index < -0.39 is 95.7 Å². The summed E-state index contributed by atoms with van der Waals surface area (Å²) in [5.41, 5.74) is 2.37. The molecule has 1 aliphatic heterocycles. The quantitative estimate of drug-likeness (QED) is 0.227. The summed E-state index contributed by atoms with van der Waals surface area (Å²) in [7, 11) is 1.32. The molecule has 13 heteroatoms. The van der Waals surface area contributed by atoms with Crippen molar-refractivity contribution in [3.63, 3.8) is 0 Å². The highest BCUT2D eigenvalue weighted by Gasteiger charge is 2.50. The second kappa shape index (κ2) is 10.7. The number of benzene rings is 2. The zero-order valence-electron chi connectivity index (χ0n) is 21.6. The Hall–Kier alpha value is -3.10. The number of halogens is 1. The first-order valence-electron chi connectivity index (χ1n) is 12.4. The highest BCUT2D eigenvalue weighted by atomic mass is 35.5. The molecule has 0 radical (unpaired) electrons. The largest absolute Gasteiger partial charge is 0.507 e. The standard InChI is InChI=1S/C27H29NO11.ClH/c1-10-22(31)13(28)6-17(38-10)39-15-8-27(36,16(30)9-29)7-12-19(15)26(35)21-20(24(12)33)23(32)11-4-3-5-14(37-2)18(11)25(21)34;/h3-5,10,13,15,17,22,29,31,33,35-36H,6-9,28H2,1-2H3;1H/t10-,13-,15?,17-,22-,27-;/m0./s1. The van der Waals surface area contributed by atoms with Crippen LogP contribution in [-0.2, 0) is 20.7 Å². The molecule has 0 bridgehead atoms. The van der Waals surface area contributed by atoms with Crippen LogP contribution in [-0.4, -0.2) is 86.7 Å². The topological polar surface area (TPSA) is 206 Å². The number of carbonyl (C=O) groups is 3. The second-order valence-corrected chi connectivity index (χ2v) is 10.2. The van der Waals surface area contributed by atoms with Gasteiger partial charge in [-0.2, -0.15) is 0 Å². The number of phenolic OH excluding ortho intramolecular Hbond substituents is 2. The van der Waals surface area contributed by atoms with Gasteiger partial charge in [0, 0.05) is 42.0 Å². The summed E-state index contributed by atoms with van der Waals surface area (Å²) in [6.45, 7) is 0.560. The molecule has 1 saturated heterocycles. The van der Waals surface area contributed by atoms with Crippen LogP contribution in [0.1, 0.15) is 68.8 Å². The molecular formula is C27H30ClNO11. The van der Waals surface area contributed by atoms with E-state index in [1.807, 2.05) is 0 Å². The third kappa shape index (κ3) is 4.45. The molecule has 1 fully saturated rings. The molecule has 3 aliphatic rings. The van der Waals surface area contributed by atoms with Crippen molar-refractivity contribution in [2.45, 2.75) is 62.4 Å². The predicted octanol–water partition coefficient (Wildman–Crippen LogP) is 0.423. The first kappa shape index (κ1) is 29.9. The fraction of sp³-hybridized carbons (Fsp3) is 0.444. The van der Waals surface area contributed by atoms with Crippen LogP contribution in [0.3, 0.4) is 0 Å². The molecule has 0 amide bonds. The van der Waals surface area contributed by atoms with Gasteiger partial charge in [0.05, 0.1) is 42.1 Å². The van der Waals surface area contributed by atoms with Gasteiger partial charge in [-0.1, -0.05) is 12.1 Å². The lowest BCUT2D eigenvalue weighted by Crippen LogP contribution is -2.53. The van der Waals surface area contributed by atoms with E-state index in [1.54, 1.807) is 6.92 Å². The molecule has 216 valence electrons. The van der Waals surface area contributed by atoms with Crippen molar-refractivity contribution in [3.05, 3.63) is 51.6 Å². The number of aliphatic hydroxyl groups is 3. The minimum absolute atomic E-state index is 0. The molecule has 2 aromatic carbocycles. The van der Waals surface area contributed by atoms with E-state index in [0.29, 0.717) is 0 Å². The van der Waals surface area contributed by atoms with Gasteiger partial charge in [-0.3, -0.25) is 14.4 Å². The van der Waals surface area contributed by atoms with Gasteiger partial charge in [0.15, 0.2) is 17.9 Å². The molecule has 7 N–H and O–H groups in total. The number of Topliss-reactive ketones (excluding diaryl/α,β-unsaturated/α-hetero) is 1. The number of methoxy groups -OCH3 is 1. The minimum atomic E-state index is -2.24. The number of hydrogen-bond acceptors (Lipinski definition) is 12. The van der Waals surface area contributed by atoms with E-state index >= 15 is 0 Å². The molecule has 2 aliphatic carbocycles. The molecule has 0 saturated carbocycles. The van der Waals surface area contributed by atoms with Crippen LogP contribution in [0.15, 0.2) is 18.2 Å². The number of ketones is 3. The molecule has 0 aromatic heterocycles. The SMILES string of the molecule is COc1cccc2c1C(=O)c1c(O)c3c(c(O)c1C2=O)C[C@@](O)(C(=O)CO)CC3O[C@H]1C[C@H](N)[C@@H](O)[C@H](C)O1.Cl. The molecular weight excluding hydrogens is 550 g/mol. The van der Waals surface area contributed by atoms with Gasteiger partial charge in [-0.25, -0.2) is 0 Å². The number of fused-ring (bicyclic) bond motifs is 3. The van der Waals surface area contributed by atoms with Crippen molar-refractivity contribution in [1.82, 2.24) is 0 Å². The second-order valence-electron chi connectivity index (χ2n) is 10.2. The van der Waals surface area contributed by atoms with E-state index in [9.17, 15) is 39.9 Å². The molecule has 6 atom stereocenters. The van der Waals surface area contributed by atoms with E-state index in [-0.39, 0.29) is 46.8 Å². The maximum Gasteiger partial charge on any atom is 0.202 e. The van der Waals surface area contributed by atoms with Crippen molar-refractivity contribution in [1.29, 1.82) is 0 Å². The summed E-state index contributed by atoms with van der Waals surface area (Å²) in [4.78, 5) is 39.7. The van der Waals surface area contributed by atoms with Crippen LogP contribution in [0, 0.1) is 0 Å². The van der Waals surface area contributed by atoms with Crippen molar-refractivity contribution >= 4 is 29.8 Å². The van der Waals surface area contributed by atoms with E-state index in [4.69, 9.17) is 19.9 Å². The maximum atomic E-state index is 13.6. The molecule has 40 heavy (non-hydrogen) atoms. The van der Waals surface area contributed by atoms with Gasteiger partial charge in [0.1, 0.15) is 29.5 Å². The normalized spacial score (nSPS) is 29.1. The summed E-state index contributed by atoms with van der Waals surface area (Å²) >= 11 is 0. The molecule has 2 aromatic rings. The van der Waals surface area contributed by atoms with Crippen molar-refractivity contribution in [2.24, 2.45) is 5.73 Å². The van der Waals surface area contributed by atoms with Crippen LogP contribution in [0.4, 0.5) is 0 Å². The fourth-order valence-corrected chi connectivity index (χ4v) is 5.75. The number of aliphatic hydroxyl groups excluding tert-OH is 2. The number of phenols is 2. The van der Waals surface area contributed by atoms with Crippen molar-refractivity contribution in [3.8, 4) is 17.2 Å². The Bertz CT molecular complexity index is 1380. The van der Waals surface area contributed by atoms with Crippen LogP contribution in [0.5, 0.6) is 17.2 Å². The average molecular weight is 580 g/mol. The first-order valence-corrected chi connectivity index (χ1v) is 12.4. The van der Waals surface area contributed by atoms with Crippen LogP contribution in [0.2, 0.25) is 0 Å². The number of aromatic hydroxyl groups is 2. The fourth-order valence-electron chi connectivity index (χ4n) is 5.75. The molecule has 12 nitrogen and oxygen atoms in total. The third-order valence-corrected chi connectivity index (χ3v) is 7.81. The Morgan fingerprint density at radius 2 is 1.82 bits per heavy atom. The van der Waals surface area contributed by atoms with Gasteiger partial charge in [-0.05, 0) is 13.0 Å². The number of rotatable bonds is 5. The number of hydrogen-bond donors (Lipinski definition) is 6. The van der Waals surface area contributed by atoms with E-state index in [2.05, 4.69) is 0 Å². The van der Waals surface area contributed by atoms with Crippen LogP contribution in [0.25, 0.3) is 0 Å². The van der Waals surface area contributed by atoms with Crippen molar-refractivity contribution in [2.75, 3.05) is 13.7 Å². The van der Waals surface area contributed by atoms with Gasteiger partial charge in [0.2, 0.25) is 5.78 Å². The Balaban J connectivity index is 0.00000370. The summed E-state index contributed by atoms with van der Waals surface area (Å²) in [6, 6.07) is 3.64. The Morgan fingerprint density at radius 1 is 1.15 bits per heavy atom. The lowest BCUT2D eigenvalue weighted by atomic mass is 9.72. The molecule has 5 rings (SSSR count). The van der Waals surface area contributed by atoms with Crippen LogP contribution >= 0.6 is 12.4 Å². The monoisotopic (exact) mass is 579 g/mol. The van der Waals surface area contributed by atoms with E-state index in [0.717, 1.165) is 0 Å². The molecule has 0 spiro atoms. The summed E-state index contributed by atoms with van der Waals surface area (Å²) < 4.78 is 17.0. The summed E-state index contributed by atoms with van der Waals surface area (Å²) in [6.07, 6.45) is -5.12. The number of ether oxygens (including phenoxy) is 3. The van der Waals surface area contributed by atoms with Gasteiger partial charge < -0.3 is 45.5 Å². The highest BCUT2D eigenvalue weighted by Crippen LogP contribution is 2.52. The van der Waals surface area contributed by atoms with Crippen molar-refractivity contribution < 1.29 is 54.1 Å². The Kier molecular flexibility index (Phi) is 8.00. The zero-order valence-corrected chi connectivity index (χ0v) is 22.4. The summed E-state index contributed by atoms with van der Waals surface area (Å²) in [5, 5.41) is 53.7. The van der Waals surface area contributed by atoms with Gasteiger partial charge in [0.25, 0.3) is 0 Å². The zero-order chi connectivity index (χ0) is 28.4. The molecule has 1 heterocycles. The minimum Gasteiger partial charge on any atom is -0.507 e. The number of nitrogens with two attached hydrogens (primary N) is 1. The third-order valence-electron chi connectivity index (χ3n) is 7.81. The molecule has 1 unspecified atom stereocenters. The lowest BCUT2D eigenvalue weighted by molar-refractivity contribution is -0.247. The number of carbonyl (C=O) groups excluding carboxylic acids is 3. The Labute approximate surface area is 234 Å². The first-order chi connectivity index (χ1) is 18.4. The van der Waals surface area contributed by atoms with Crippen LogP contribution < -0.4 is 10.5 Å². The lowest BCUT2D eigenvalue weighted by Gasteiger charge is -2.42. The predicted molar refractivity (Wildman–Crippen MR) is 139 cm³/mol. The smallest absolute Gasteiger partial charge is 0.202 e.